The number of piperidine rings is 1. The summed E-state index contributed by atoms with van der Waals surface area (Å²) in [6.45, 7) is 1.82. The minimum Gasteiger partial charge on any atom is -0.504 e. The number of likely N-dealkylation sites (N-methyl/N-ethyl adjacent to an activating group) is 1. The highest BCUT2D eigenvalue weighted by Crippen LogP contribution is 2.65. The van der Waals surface area contributed by atoms with Crippen molar-refractivity contribution in [3.63, 3.8) is 0 Å². The van der Waals surface area contributed by atoms with Gasteiger partial charge in [0.15, 0.2) is 11.5 Å². The molecule has 2 amide bonds. The maximum absolute atomic E-state index is 12.9. The number of nitrogens with one attached hydrogen (secondary N) is 2. The monoisotopic (exact) mass is 600 g/mol. The largest absolute Gasteiger partial charge is 0.504 e. The van der Waals surface area contributed by atoms with Gasteiger partial charge in [-0.25, -0.2) is 0 Å². The van der Waals surface area contributed by atoms with Crippen molar-refractivity contribution in [3.8, 4) is 11.5 Å². The first-order chi connectivity index (χ1) is 20.8. The Bertz CT molecular complexity index is 1130. The number of hydrogen-bond acceptors (Lipinski definition) is 8. The minimum absolute atomic E-state index is 0.0458. The summed E-state index contributed by atoms with van der Waals surface area (Å²) in [6.07, 6.45) is 14.0. The van der Waals surface area contributed by atoms with Gasteiger partial charge in [-0.3, -0.25) is 9.59 Å². The van der Waals surface area contributed by atoms with Crippen LogP contribution >= 0.6 is 0 Å². The normalized spacial score (nSPS) is 28.7. The Morgan fingerprint density at radius 1 is 1.02 bits per heavy atom. The zero-order valence-electron chi connectivity index (χ0n) is 25.9. The minimum atomic E-state index is -1.00. The Kier molecular flexibility index (Phi) is 10.5. The second-order valence-electron chi connectivity index (χ2n) is 13.2. The lowest BCUT2D eigenvalue weighted by Gasteiger charge is -2.63. The van der Waals surface area contributed by atoms with Crippen molar-refractivity contribution in [1.29, 1.82) is 0 Å². The summed E-state index contributed by atoms with van der Waals surface area (Å²) < 4.78 is 11.9. The van der Waals surface area contributed by atoms with E-state index >= 15 is 0 Å². The Morgan fingerprint density at radius 2 is 1.70 bits per heavy atom. The lowest BCUT2D eigenvalue weighted by molar-refractivity contribution is -0.187. The zero-order valence-corrected chi connectivity index (χ0v) is 25.9. The van der Waals surface area contributed by atoms with Gasteiger partial charge in [-0.15, -0.1) is 0 Å². The second kappa shape index (κ2) is 14.1. The topological polar surface area (TPSA) is 146 Å². The number of aromatic hydroxyl groups is 1. The number of rotatable bonds is 17. The van der Waals surface area contributed by atoms with Crippen LogP contribution in [0.25, 0.3) is 0 Å². The highest BCUT2D eigenvalue weighted by Gasteiger charge is 2.72. The molecule has 10 nitrogen and oxygen atoms in total. The Labute approximate surface area is 256 Å². The molecule has 1 saturated carbocycles. The number of phenolic OH excluding ortho intramolecular Hbond substituents is 1. The van der Waals surface area contributed by atoms with Crippen molar-refractivity contribution in [2.45, 2.75) is 119 Å². The van der Waals surface area contributed by atoms with Crippen LogP contribution in [-0.4, -0.2) is 90.6 Å². The molecule has 2 bridgehead atoms. The molecule has 43 heavy (non-hydrogen) atoms. The number of aliphatic hydroxyl groups is 1. The van der Waals surface area contributed by atoms with Crippen molar-refractivity contribution < 1.29 is 29.3 Å². The Hall–Kier alpha value is -2.40. The SMILES string of the molecule is CN1CC[C@]23c4c5ccc(O)c4O[C@H]2[C@@H](NC(=O)COCC(=O)NCCCCCCCCCCCCN)CC[C@@]3(O)C1C5. The summed E-state index contributed by atoms with van der Waals surface area (Å²) in [5, 5.41) is 28.9. The number of nitrogens with zero attached hydrogens (tertiary/aromatic N) is 1. The number of ether oxygens (including phenoxy) is 2. The summed E-state index contributed by atoms with van der Waals surface area (Å²) in [5.41, 5.74) is 5.86. The highest BCUT2D eigenvalue weighted by atomic mass is 16.5. The first kappa shape index (κ1) is 32.0. The van der Waals surface area contributed by atoms with Crippen molar-refractivity contribution in [1.82, 2.24) is 15.5 Å². The molecule has 5 rings (SSSR count). The molecule has 1 aromatic carbocycles. The molecular formula is C33H52N4O6. The van der Waals surface area contributed by atoms with Crippen LogP contribution in [0.4, 0.5) is 0 Å². The van der Waals surface area contributed by atoms with E-state index in [0.717, 1.165) is 43.5 Å². The molecule has 1 saturated heterocycles. The molecule has 0 aromatic heterocycles. The number of nitrogens with two attached hydrogens (primary N) is 1. The van der Waals surface area contributed by atoms with E-state index in [1.807, 2.05) is 6.07 Å². The number of amides is 2. The molecule has 4 aliphatic rings. The number of unbranched alkanes of at least 4 members (excludes halogenated alkanes) is 9. The molecule has 2 aliphatic carbocycles. The van der Waals surface area contributed by atoms with Gasteiger partial charge in [0.05, 0.1) is 17.1 Å². The van der Waals surface area contributed by atoms with Crippen LogP contribution < -0.4 is 21.1 Å². The molecule has 5 atom stereocenters. The third-order valence-corrected chi connectivity index (χ3v) is 10.5. The maximum Gasteiger partial charge on any atom is 0.246 e. The van der Waals surface area contributed by atoms with Gasteiger partial charge in [0.1, 0.15) is 19.3 Å². The first-order valence-electron chi connectivity index (χ1n) is 16.6. The molecule has 1 spiro atoms. The van der Waals surface area contributed by atoms with Gasteiger partial charge < -0.3 is 41.0 Å². The van der Waals surface area contributed by atoms with E-state index in [2.05, 4.69) is 22.6 Å². The molecule has 0 radical (unpaired) electrons. The molecule has 2 aliphatic heterocycles. The van der Waals surface area contributed by atoms with Crippen LogP contribution in [0.15, 0.2) is 12.1 Å². The fraction of sp³-hybridized carbons (Fsp3) is 0.758. The van der Waals surface area contributed by atoms with E-state index in [0.29, 0.717) is 38.0 Å². The van der Waals surface area contributed by atoms with Gasteiger partial charge in [0.25, 0.3) is 0 Å². The lowest BCUT2D eigenvalue weighted by Crippen LogP contribution is -2.77. The average molecular weight is 601 g/mol. The van der Waals surface area contributed by atoms with E-state index in [-0.39, 0.29) is 42.9 Å². The van der Waals surface area contributed by atoms with E-state index in [4.69, 9.17) is 15.2 Å². The summed E-state index contributed by atoms with van der Waals surface area (Å²) in [5.74, 6) is -0.00852. The number of phenols is 1. The fourth-order valence-electron chi connectivity index (χ4n) is 8.35. The summed E-state index contributed by atoms with van der Waals surface area (Å²) >= 11 is 0. The predicted octanol–water partition coefficient (Wildman–Crippen LogP) is 2.65. The van der Waals surface area contributed by atoms with Crippen LogP contribution in [0, 0.1) is 0 Å². The second-order valence-corrected chi connectivity index (χ2v) is 13.2. The van der Waals surface area contributed by atoms with E-state index in [1.54, 1.807) is 6.07 Å². The Morgan fingerprint density at radius 3 is 2.42 bits per heavy atom. The van der Waals surface area contributed by atoms with E-state index in [9.17, 15) is 19.8 Å². The summed E-state index contributed by atoms with van der Waals surface area (Å²) in [7, 11) is 2.06. The Balaban J connectivity index is 1.02. The smallest absolute Gasteiger partial charge is 0.246 e. The molecule has 1 unspecified atom stereocenters. The number of carbonyl (C=O) groups is 2. The predicted molar refractivity (Wildman–Crippen MR) is 164 cm³/mol. The molecule has 2 heterocycles. The first-order valence-corrected chi connectivity index (χ1v) is 16.6. The van der Waals surface area contributed by atoms with E-state index in [1.165, 1.54) is 44.9 Å². The fourth-order valence-corrected chi connectivity index (χ4v) is 8.35. The van der Waals surface area contributed by atoms with Gasteiger partial charge in [0, 0.05) is 18.2 Å². The zero-order chi connectivity index (χ0) is 30.5. The number of likely N-dealkylation sites (tertiary alicyclic amines) is 1. The number of hydrogen-bond donors (Lipinski definition) is 5. The van der Waals surface area contributed by atoms with Crippen LogP contribution in [0.2, 0.25) is 0 Å². The molecule has 10 heteroatoms. The highest BCUT2D eigenvalue weighted by molar-refractivity contribution is 5.80. The van der Waals surface area contributed by atoms with Crippen molar-refractivity contribution >= 4 is 11.8 Å². The van der Waals surface area contributed by atoms with Gasteiger partial charge in [0.2, 0.25) is 11.8 Å². The molecular weight excluding hydrogens is 548 g/mol. The van der Waals surface area contributed by atoms with Crippen LogP contribution in [-0.2, 0) is 26.2 Å². The van der Waals surface area contributed by atoms with Crippen molar-refractivity contribution in [2.24, 2.45) is 5.73 Å². The van der Waals surface area contributed by atoms with Crippen molar-refractivity contribution in [2.75, 3.05) is 39.9 Å². The quantitative estimate of drug-likeness (QED) is 0.172. The number of carbonyl (C=O) groups excluding carboxylic acids is 2. The van der Waals surface area contributed by atoms with Gasteiger partial charge in [-0.1, -0.05) is 57.4 Å². The van der Waals surface area contributed by atoms with E-state index < -0.39 is 17.1 Å². The van der Waals surface area contributed by atoms with Gasteiger partial charge in [-0.2, -0.15) is 0 Å². The third kappa shape index (κ3) is 6.39. The standard InChI is InChI=1S/C33H52N4O6/c1-37-19-16-32-29-23-12-13-25(38)30(29)43-31(32)24(14-15-33(32,41)26(37)20-23)36-28(40)22-42-21-27(39)35-18-11-9-7-5-3-2-4-6-8-10-17-34/h12-13,24,26,31,38,41H,2-11,14-22,34H2,1H3,(H,35,39)(H,36,40)/t24-,26?,31-,32-,33+/m0/s1. The molecule has 1 aromatic rings. The van der Waals surface area contributed by atoms with Gasteiger partial charge in [-0.05, 0) is 70.3 Å². The lowest BCUT2D eigenvalue weighted by atomic mass is 9.48. The van der Waals surface area contributed by atoms with Crippen LogP contribution in [0.3, 0.4) is 0 Å². The molecule has 6 N–H and O–H groups in total. The average Bonchev–Trinajstić information content (AvgIpc) is 3.35. The number of benzene rings is 1. The molecule has 240 valence electrons. The van der Waals surface area contributed by atoms with Crippen LogP contribution in [0.1, 0.15) is 94.6 Å². The summed E-state index contributed by atoms with van der Waals surface area (Å²) in [4.78, 5) is 27.4. The third-order valence-electron chi connectivity index (χ3n) is 10.5. The maximum atomic E-state index is 12.9. The van der Waals surface area contributed by atoms with Crippen molar-refractivity contribution in [3.05, 3.63) is 23.3 Å². The molecule has 2 fully saturated rings. The summed E-state index contributed by atoms with van der Waals surface area (Å²) in [6, 6.07) is 3.23. The van der Waals surface area contributed by atoms with Crippen LogP contribution in [0.5, 0.6) is 11.5 Å². The van der Waals surface area contributed by atoms with Gasteiger partial charge >= 0.3 is 0 Å².